The molecule has 0 unspecified atom stereocenters. The summed E-state index contributed by atoms with van der Waals surface area (Å²) in [5, 5.41) is 5.18. The molecule has 1 aromatic carbocycles. The number of carbonyl (C=O) groups excluding carboxylic acids is 2. The average molecular weight is 316 g/mol. The van der Waals surface area contributed by atoms with E-state index < -0.39 is 12.1 Å². The highest BCUT2D eigenvalue weighted by Gasteiger charge is 2.14. The fraction of sp³-hybridized carbons (Fsp3) is 0.429. The third kappa shape index (κ3) is 8.88. The molecule has 0 heterocycles. The normalized spacial score (nSPS) is 11.4. The van der Waals surface area contributed by atoms with Crippen molar-refractivity contribution < 1.29 is 14.3 Å². The lowest BCUT2D eigenvalue weighted by Crippen LogP contribution is -2.42. The second-order valence-electron chi connectivity index (χ2n) is 4.80. The van der Waals surface area contributed by atoms with Crippen molar-refractivity contribution >= 4 is 24.5 Å². The Balaban J connectivity index is 0.00000400. The Bertz CT molecular complexity index is 440. The van der Waals surface area contributed by atoms with Crippen molar-refractivity contribution in [2.75, 3.05) is 6.61 Å². The maximum absolute atomic E-state index is 11.2. The zero-order valence-electron chi connectivity index (χ0n) is 12.2. The minimum absolute atomic E-state index is 0. The number of amides is 3. The lowest BCUT2D eigenvalue weighted by atomic mass is 10.1. The number of halogens is 1. The fourth-order valence-electron chi connectivity index (χ4n) is 1.85. The van der Waals surface area contributed by atoms with Crippen LogP contribution in [0.5, 0.6) is 0 Å². The molecule has 0 bridgehead atoms. The van der Waals surface area contributed by atoms with Gasteiger partial charge in [0.05, 0.1) is 0 Å². The molecule has 21 heavy (non-hydrogen) atoms. The molecule has 0 saturated carbocycles. The largest absolute Gasteiger partial charge is 0.448 e. The number of alkyl carbamates (subject to hydrolysis) is 1. The van der Waals surface area contributed by atoms with E-state index in [1.807, 2.05) is 49.5 Å². The Kier molecular flexibility index (Phi) is 9.16. The van der Waals surface area contributed by atoms with Crippen LogP contribution in [0.1, 0.15) is 19.4 Å². The van der Waals surface area contributed by atoms with Gasteiger partial charge in [-0.3, -0.25) is 0 Å². The second-order valence-corrected chi connectivity index (χ2v) is 4.80. The van der Waals surface area contributed by atoms with E-state index in [0.717, 1.165) is 12.0 Å². The molecule has 0 aliphatic carbocycles. The number of imide groups is 1. The quantitative estimate of drug-likeness (QED) is 0.746. The van der Waals surface area contributed by atoms with Crippen molar-refractivity contribution in [3.8, 4) is 0 Å². The van der Waals surface area contributed by atoms with Crippen LogP contribution in [0, 0.1) is 0 Å². The van der Waals surface area contributed by atoms with E-state index in [2.05, 4.69) is 5.32 Å². The summed E-state index contributed by atoms with van der Waals surface area (Å²) in [7, 11) is 0. The third-order valence-electron chi connectivity index (χ3n) is 2.53. The van der Waals surface area contributed by atoms with E-state index in [1.165, 1.54) is 0 Å². The van der Waals surface area contributed by atoms with Crippen molar-refractivity contribution in [1.29, 1.82) is 0 Å². The van der Waals surface area contributed by atoms with Crippen LogP contribution < -0.4 is 16.4 Å². The number of hydrogen-bond donors (Lipinski definition) is 3. The molecule has 0 aliphatic heterocycles. The van der Waals surface area contributed by atoms with E-state index >= 15 is 0 Å². The number of ether oxygens (including phenoxy) is 1. The van der Waals surface area contributed by atoms with Crippen LogP contribution in [-0.4, -0.2) is 30.8 Å². The van der Waals surface area contributed by atoms with Gasteiger partial charge in [0.25, 0.3) is 0 Å². The summed E-state index contributed by atoms with van der Waals surface area (Å²) in [6, 6.07) is 9.20. The zero-order valence-corrected chi connectivity index (χ0v) is 13.0. The van der Waals surface area contributed by atoms with Gasteiger partial charge >= 0.3 is 12.1 Å². The zero-order chi connectivity index (χ0) is 15.0. The van der Waals surface area contributed by atoms with E-state index in [0.29, 0.717) is 0 Å². The standard InChI is InChI=1S/C14H21N3O3.ClH/c1-10(2)16-12(8-11-6-4-3-5-7-11)9-20-14(19)17-13(15)18;/h3-7,10,12,16H,8-9H2,1-2H3,(H3,15,17,18,19);1H/t12-;/m1./s1. The van der Waals surface area contributed by atoms with Gasteiger partial charge in [0.2, 0.25) is 0 Å². The van der Waals surface area contributed by atoms with E-state index in [-0.39, 0.29) is 31.1 Å². The molecule has 1 rings (SSSR count). The Labute approximate surface area is 130 Å². The summed E-state index contributed by atoms with van der Waals surface area (Å²) >= 11 is 0. The number of rotatable bonds is 6. The van der Waals surface area contributed by atoms with Crippen LogP contribution in [0.25, 0.3) is 0 Å². The average Bonchev–Trinajstić information content (AvgIpc) is 2.36. The highest BCUT2D eigenvalue weighted by molar-refractivity contribution is 5.89. The van der Waals surface area contributed by atoms with Crippen LogP contribution in [0.2, 0.25) is 0 Å². The van der Waals surface area contributed by atoms with Gasteiger partial charge in [0.1, 0.15) is 6.61 Å². The van der Waals surface area contributed by atoms with Crippen LogP contribution in [0.3, 0.4) is 0 Å². The first-order chi connectivity index (χ1) is 9.47. The van der Waals surface area contributed by atoms with Crippen molar-refractivity contribution in [1.82, 2.24) is 10.6 Å². The number of benzene rings is 1. The molecule has 0 radical (unpaired) electrons. The molecule has 0 fully saturated rings. The molecule has 4 N–H and O–H groups in total. The minimum atomic E-state index is -0.925. The minimum Gasteiger partial charge on any atom is -0.448 e. The number of nitrogens with two attached hydrogens (primary N) is 1. The van der Waals surface area contributed by atoms with Gasteiger partial charge < -0.3 is 15.8 Å². The fourth-order valence-corrected chi connectivity index (χ4v) is 1.85. The molecule has 3 amide bonds. The van der Waals surface area contributed by atoms with Gasteiger partial charge in [-0.2, -0.15) is 0 Å². The molecule has 0 aliphatic rings. The molecule has 0 aromatic heterocycles. The van der Waals surface area contributed by atoms with Gasteiger partial charge in [-0.05, 0) is 12.0 Å². The smallest absolute Gasteiger partial charge is 0.415 e. The Morgan fingerprint density at radius 1 is 1.24 bits per heavy atom. The predicted octanol–water partition coefficient (Wildman–Crippen LogP) is 1.82. The highest BCUT2D eigenvalue weighted by Crippen LogP contribution is 2.04. The van der Waals surface area contributed by atoms with Crippen LogP contribution in [0.4, 0.5) is 9.59 Å². The lowest BCUT2D eigenvalue weighted by molar-refractivity contribution is 0.133. The second kappa shape index (κ2) is 10.0. The first-order valence-electron chi connectivity index (χ1n) is 6.50. The molecule has 0 saturated heterocycles. The van der Waals surface area contributed by atoms with Crippen molar-refractivity contribution in [3.63, 3.8) is 0 Å². The van der Waals surface area contributed by atoms with E-state index in [9.17, 15) is 9.59 Å². The predicted molar refractivity (Wildman–Crippen MR) is 83.5 cm³/mol. The maximum Gasteiger partial charge on any atom is 0.415 e. The molecular formula is C14H22ClN3O3. The van der Waals surface area contributed by atoms with Crippen molar-refractivity contribution in [2.24, 2.45) is 5.73 Å². The first kappa shape index (κ1) is 19.2. The van der Waals surface area contributed by atoms with Gasteiger partial charge in [-0.25, -0.2) is 14.9 Å². The van der Waals surface area contributed by atoms with Crippen molar-refractivity contribution in [3.05, 3.63) is 35.9 Å². The van der Waals surface area contributed by atoms with Gasteiger partial charge in [-0.15, -0.1) is 12.4 Å². The number of hydrogen-bond acceptors (Lipinski definition) is 4. The Morgan fingerprint density at radius 3 is 2.38 bits per heavy atom. The summed E-state index contributed by atoms with van der Waals surface area (Å²) in [5.74, 6) is 0. The maximum atomic E-state index is 11.2. The number of nitrogens with one attached hydrogen (secondary N) is 2. The molecule has 7 heteroatoms. The Morgan fingerprint density at radius 2 is 1.86 bits per heavy atom. The van der Waals surface area contributed by atoms with Gasteiger partial charge in [-0.1, -0.05) is 44.2 Å². The summed E-state index contributed by atoms with van der Waals surface area (Å²) in [4.78, 5) is 21.8. The van der Waals surface area contributed by atoms with Gasteiger partial charge in [0.15, 0.2) is 0 Å². The number of carbonyl (C=O) groups is 2. The summed E-state index contributed by atoms with van der Waals surface area (Å²) in [5.41, 5.74) is 5.98. The van der Waals surface area contributed by atoms with Crippen LogP contribution >= 0.6 is 12.4 Å². The SMILES string of the molecule is CC(C)N[C@@H](COC(=O)NC(N)=O)Cc1ccccc1.Cl. The molecule has 1 atom stereocenters. The first-order valence-corrected chi connectivity index (χ1v) is 6.50. The molecule has 1 aromatic rings. The summed E-state index contributed by atoms with van der Waals surface area (Å²) in [6.45, 7) is 4.19. The molecule has 6 nitrogen and oxygen atoms in total. The monoisotopic (exact) mass is 315 g/mol. The third-order valence-corrected chi connectivity index (χ3v) is 2.53. The molecule has 0 spiro atoms. The summed E-state index contributed by atoms with van der Waals surface area (Å²) in [6.07, 6.45) is -0.107. The van der Waals surface area contributed by atoms with Gasteiger partial charge in [0, 0.05) is 12.1 Å². The lowest BCUT2D eigenvalue weighted by Gasteiger charge is -2.21. The topological polar surface area (TPSA) is 93.4 Å². The van der Waals surface area contributed by atoms with E-state index in [1.54, 1.807) is 0 Å². The number of urea groups is 1. The molecule has 118 valence electrons. The van der Waals surface area contributed by atoms with Crippen molar-refractivity contribution in [2.45, 2.75) is 32.4 Å². The molecular weight excluding hydrogens is 294 g/mol. The summed E-state index contributed by atoms with van der Waals surface area (Å²) < 4.78 is 4.97. The van der Waals surface area contributed by atoms with Crippen LogP contribution in [-0.2, 0) is 11.2 Å². The van der Waals surface area contributed by atoms with E-state index in [4.69, 9.17) is 10.5 Å². The van der Waals surface area contributed by atoms with Crippen LogP contribution in [0.15, 0.2) is 30.3 Å². The highest BCUT2D eigenvalue weighted by atomic mass is 35.5. The Hall–Kier alpha value is -1.79. The number of primary amides is 1.